The van der Waals surface area contributed by atoms with E-state index < -0.39 is 0 Å². The van der Waals surface area contributed by atoms with Crippen molar-refractivity contribution in [2.24, 2.45) is 5.73 Å². The van der Waals surface area contributed by atoms with Gasteiger partial charge in [0.05, 0.1) is 6.20 Å². The fourth-order valence-electron chi connectivity index (χ4n) is 2.03. The maximum absolute atomic E-state index is 5.58. The second-order valence-corrected chi connectivity index (χ2v) is 4.51. The molecule has 4 nitrogen and oxygen atoms in total. The molecular weight excluding hydrogens is 200 g/mol. The summed E-state index contributed by atoms with van der Waals surface area (Å²) in [5.41, 5.74) is 6.75. The van der Waals surface area contributed by atoms with Crippen LogP contribution in [0.25, 0.3) is 0 Å². The highest BCUT2D eigenvalue weighted by molar-refractivity contribution is 5.41. The van der Waals surface area contributed by atoms with E-state index in [1.54, 1.807) is 6.20 Å². The topological polar surface area (TPSA) is 55.0 Å². The first-order valence-corrected chi connectivity index (χ1v) is 6.07. The minimum absolute atomic E-state index is 0.655. The van der Waals surface area contributed by atoms with Crippen LogP contribution >= 0.6 is 0 Å². The van der Waals surface area contributed by atoms with Crippen LogP contribution in [0.5, 0.6) is 0 Å². The quantitative estimate of drug-likeness (QED) is 0.817. The van der Waals surface area contributed by atoms with E-state index in [0.29, 0.717) is 6.04 Å². The van der Waals surface area contributed by atoms with E-state index in [1.807, 2.05) is 0 Å². The van der Waals surface area contributed by atoms with Crippen molar-refractivity contribution in [2.45, 2.75) is 38.6 Å². The Hall–Kier alpha value is -1.16. The van der Waals surface area contributed by atoms with Crippen LogP contribution in [-0.2, 0) is 0 Å². The van der Waals surface area contributed by atoms with Crippen LogP contribution in [0.4, 0.5) is 5.82 Å². The van der Waals surface area contributed by atoms with E-state index in [-0.39, 0.29) is 0 Å². The molecule has 0 atom stereocenters. The third kappa shape index (κ3) is 2.50. The molecule has 1 saturated carbocycles. The Bertz CT molecular complexity index is 336. The molecule has 0 spiro atoms. The Kier molecular flexibility index (Phi) is 3.72. The lowest BCUT2D eigenvalue weighted by atomic mass is 9.91. The lowest BCUT2D eigenvalue weighted by Crippen LogP contribution is -2.42. The van der Waals surface area contributed by atoms with Gasteiger partial charge in [0, 0.05) is 12.6 Å². The fourth-order valence-corrected chi connectivity index (χ4v) is 2.03. The normalized spacial score (nSPS) is 15.9. The molecule has 0 amide bonds. The summed E-state index contributed by atoms with van der Waals surface area (Å²) >= 11 is 0. The Morgan fingerprint density at radius 3 is 2.88 bits per heavy atom. The largest absolute Gasteiger partial charge is 0.352 e. The first-order valence-electron chi connectivity index (χ1n) is 6.07. The van der Waals surface area contributed by atoms with E-state index in [0.717, 1.165) is 25.3 Å². The van der Waals surface area contributed by atoms with Gasteiger partial charge in [-0.2, -0.15) is 5.10 Å². The highest BCUT2D eigenvalue weighted by Crippen LogP contribution is 2.28. The van der Waals surface area contributed by atoms with Crippen molar-refractivity contribution < 1.29 is 0 Å². The maximum atomic E-state index is 5.58. The summed E-state index contributed by atoms with van der Waals surface area (Å²) in [7, 11) is 0. The van der Waals surface area contributed by atoms with Crippen LogP contribution in [0.15, 0.2) is 12.3 Å². The summed E-state index contributed by atoms with van der Waals surface area (Å²) < 4.78 is 0. The molecule has 88 valence electrons. The Morgan fingerprint density at radius 2 is 2.31 bits per heavy atom. The minimum Gasteiger partial charge on any atom is -0.352 e. The van der Waals surface area contributed by atoms with Crippen LogP contribution < -0.4 is 10.6 Å². The van der Waals surface area contributed by atoms with Crippen molar-refractivity contribution in [3.8, 4) is 0 Å². The van der Waals surface area contributed by atoms with Crippen LogP contribution in [0, 0.1) is 6.92 Å². The lowest BCUT2D eigenvalue weighted by Gasteiger charge is -2.38. The molecule has 0 bridgehead atoms. The van der Waals surface area contributed by atoms with Crippen LogP contribution in [0.1, 0.15) is 31.2 Å². The number of nitrogens with zero attached hydrogens (tertiary/aromatic N) is 3. The number of hydrogen-bond donors (Lipinski definition) is 1. The molecule has 2 N–H and O–H groups in total. The molecule has 0 radical (unpaired) electrons. The summed E-state index contributed by atoms with van der Waals surface area (Å²) in [5, 5.41) is 8.26. The van der Waals surface area contributed by atoms with Gasteiger partial charge in [-0.15, -0.1) is 5.10 Å². The Balaban J connectivity index is 2.10. The van der Waals surface area contributed by atoms with E-state index in [9.17, 15) is 0 Å². The van der Waals surface area contributed by atoms with Gasteiger partial charge in [0.25, 0.3) is 0 Å². The fraction of sp³-hybridized carbons (Fsp3) is 0.667. The number of anilines is 1. The zero-order valence-corrected chi connectivity index (χ0v) is 9.89. The van der Waals surface area contributed by atoms with Gasteiger partial charge in [-0.25, -0.2) is 0 Å². The molecule has 0 saturated heterocycles. The van der Waals surface area contributed by atoms with Gasteiger partial charge in [0.2, 0.25) is 0 Å². The second kappa shape index (κ2) is 5.25. The molecule has 2 rings (SSSR count). The molecule has 16 heavy (non-hydrogen) atoms. The molecule has 1 aliphatic rings. The molecule has 4 heteroatoms. The van der Waals surface area contributed by atoms with Crippen molar-refractivity contribution in [3.05, 3.63) is 17.8 Å². The zero-order valence-electron chi connectivity index (χ0n) is 9.89. The van der Waals surface area contributed by atoms with Gasteiger partial charge in [0.1, 0.15) is 0 Å². The standard InChI is InChI=1S/C12H20N4/c1-10-8-12(15-14-9-10)16(7-3-6-13)11-4-2-5-11/h8-9,11H,2-7,13H2,1H3. The highest BCUT2D eigenvalue weighted by atomic mass is 15.3. The van der Waals surface area contributed by atoms with Crippen LogP contribution in [0.3, 0.4) is 0 Å². The third-order valence-corrected chi connectivity index (χ3v) is 3.19. The third-order valence-electron chi connectivity index (χ3n) is 3.19. The molecule has 1 aromatic rings. The molecule has 0 aliphatic heterocycles. The van der Waals surface area contributed by atoms with Gasteiger partial charge in [-0.3, -0.25) is 0 Å². The van der Waals surface area contributed by atoms with Gasteiger partial charge in [0.15, 0.2) is 5.82 Å². The number of aromatic nitrogens is 2. The second-order valence-electron chi connectivity index (χ2n) is 4.51. The Morgan fingerprint density at radius 1 is 1.50 bits per heavy atom. The van der Waals surface area contributed by atoms with Crippen molar-refractivity contribution in [3.63, 3.8) is 0 Å². The predicted octanol–water partition coefficient (Wildman–Crippen LogP) is 1.49. The summed E-state index contributed by atoms with van der Waals surface area (Å²) in [6.07, 6.45) is 6.71. The highest BCUT2D eigenvalue weighted by Gasteiger charge is 2.25. The summed E-state index contributed by atoms with van der Waals surface area (Å²) in [5.74, 6) is 1.01. The minimum atomic E-state index is 0.655. The van der Waals surface area contributed by atoms with E-state index in [2.05, 4.69) is 28.1 Å². The van der Waals surface area contributed by atoms with Crippen molar-refractivity contribution in [1.82, 2.24) is 10.2 Å². The number of rotatable bonds is 5. The number of aryl methyl sites for hydroxylation is 1. The molecule has 0 aromatic carbocycles. The summed E-state index contributed by atoms with van der Waals surface area (Å²) in [4.78, 5) is 2.37. The molecule has 1 aliphatic carbocycles. The molecular formula is C12H20N4. The maximum Gasteiger partial charge on any atom is 0.151 e. The molecule has 1 heterocycles. The lowest BCUT2D eigenvalue weighted by molar-refractivity contribution is 0.382. The molecule has 1 aromatic heterocycles. The molecule has 0 unspecified atom stereocenters. The average Bonchev–Trinajstić information content (AvgIpc) is 2.21. The van der Waals surface area contributed by atoms with E-state index >= 15 is 0 Å². The number of nitrogens with two attached hydrogens (primary N) is 1. The van der Waals surface area contributed by atoms with Crippen LogP contribution in [-0.4, -0.2) is 29.3 Å². The molecule has 1 fully saturated rings. The Labute approximate surface area is 96.9 Å². The van der Waals surface area contributed by atoms with Gasteiger partial charge >= 0.3 is 0 Å². The zero-order chi connectivity index (χ0) is 11.4. The average molecular weight is 220 g/mol. The summed E-state index contributed by atoms with van der Waals surface area (Å²) in [6.45, 7) is 3.79. The summed E-state index contributed by atoms with van der Waals surface area (Å²) in [6, 6.07) is 2.77. The van der Waals surface area contributed by atoms with Gasteiger partial charge < -0.3 is 10.6 Å². The SMILES string of the molecule is Cc1cnnc(N(CCCN)C2CCC2)c1. The van der Waals surface area contributed by atoms with Crippen molar-refractivity contribution >= 4 is 5.82 Å². The predicted molar refractivity (Wildman–Crippen MR) is 65.4 cm³/mol. The van der Waals surface area contributed by atoms with Crippen LogP contribution in [0.2, 0.25) is 0 Å². The van der Waals surface area contributed by atoms with E-state index in [4.69, 9.17) is 5.73 Å². The monoisotopic (exact) mass is 220 g/mol. The van der Waals surface area contributed by atoms with Gasteiger partial charge in [-0.1, -0.05) is 0 Å². The number of hydrogen-bond acceptors (Lipinski definition) is 4. The van der Waals surface area contributed by atoms with E-state index in [1.165, 1.54) is 24.8 Å². The smallest absolute Gasteiger partial charge is 0.151 e. The van der Waals surface area contributed by atoms with Crippen molar-refractivity contribution in [2.75, 3.05) is 18.0 Å². The van der Waals surface area contributed by atoms with Crippen molar-refractivity contribution in [1.29, 1.82) is 0 Å². The first kappa shape index (κ1) is 11.3. The van der Waals surface area contributed by atoms with Gasteiger partial charge in [-0.05, 0) is 50.8 Å². The first-order chi connectivity index (χ1) is 7.81.